The van der Waals surface area contributed by atoms with Gasteiger partial charge in [-0.2, -0.15) is 0 Å². The van der Waals surface area contributed by atoms with Gasteiger partial charge in [-0.25, -0.2) is 9.89 Å². The Balaban J connectivity index is 0.00000131. The molecule has 27 heavy (non-hydrogen) atoms. The molecule has 4 rings (SSSR count). The van der Waals surface area contributed by atoms with Crippen molar-refractivity contribution in [3.8, 4) is 17.2 Å². The molecule has 1 aliphatic carbocycles. The zero-order chi connectivity index (χ0) is 17.2. The van der Waals surface area contributed by atoms with E-state index in [-0.39, 0.29) is 30.7 Å². The smallest absolute Gasteiger partial charge is 0.434 e. The van der Waals surface area contributed by atoms with E-state index in [1.807, 2.05) is 0 Å². The lowest BCUT2D eigenvalue weighted by molar-refractivity contribution is 0.0442. The number of piperazine rings is 1. The lowest BCUT2D eigenvalue weighted by Crippen LogP contribution is -2.53. The van der Waals surface area contributed by atoms with Gasteiger partial charge in [0.1, 0.15) is 5.75 Å². The van der Waals surface area contributed by atoms with Crippen LogP contribution in [0.25, 0.3) is 11.5 Å². The van der Waals surface area contributed by atoms with Gasteiger partial charge in [0, 0.05) is 37.8 Å². The Kier molecular flexibility index (Phi) is 8.00. The molecule has 10 heteroatoms. The zero-order valence-corrected chi connectivity index (χ0v) is 17.0. The summed E-state index contributed by atoms with van der Waals surface area (Å²) in [5, 5.41) is 10.0. The lowest BCUT2D eigenvalue weighted by atomic mass is 9.79. The first-order valence-electron chi connectivity index (χ1n) is 8.62. The van der Waals surface area contributed by atoms with Gasteiger partial charge < -0.3 is 14.5 Å². The molecular weight excluding hydrogens is 415 g/mol. The molecule has 2 heterocycles. The van der Waals surface area contributed by atoms with Crippen LogP contribution in [0.1, 0.15) is 12.8 Å². The number of hydrogen-bond donors (Lipinski definition) is 2. The number of aromatic nitrogens is 2. The number of ether oxygens (including phenoxy) is 1. The first-order valence-corrected chi connectivity index (χ1v) is 9.00. The van der Waals surface area contributed by atoms with Crippen molar-refractivity contribution in [2.24, 2.45) is 5.92 Å². The minimum Gasteiger partial charge on any atom is -0.492 e. The first-order chi connectivity index (χ1) is 12.2. The third kappa shape index (κ3) is 5.18. The molecule has 0 amide bonds. The predicted octanol–water partition coefficient (Wildman–Crippen LogP) is 2.59. The first kappa shape index (κ1) is 22.0. The van der Waals surface area contributed by atoms with E-state index in [2.05, 4.69) is 20.4 Å². The van der Waals surface area contributed by atoms with Gasteiger partial charge in [-0.1, -0.05) is 11.6 Å². The van der Waals surface area contributed by atoms with E-state index in [9.17, 15) is 4.79 Å². The van der Waals surface area contributed by atoms with E-state index in [0.717, 1.165) is 26.2 Å². The molecule has 1 saturated heterocycles. The SMILES string of the molecule is Cl.Cl.O=c1[nH]nc(-c2ccc(Cl)c(OC[C@H]3C[C@@H](N4CCNCC4)C3)c2)o1. The second-order valence-electron chi connectivity index (χ2n) is 6.65. The largest absolute Gasteiger partial charge is 0.492 e. The summed E-state index contributed by atoms with van der Waals surface area (Å²) in [6.07, 6.45) is 2.34. The summed E-state index contributed by atoms with van der Waals surface area (Å²) in [7, 11) is 0. The predicted molar refractivity (Wildman–Crippen MR) is 109 cm³/mol. The number of H-pyrrole nitrogens is 1. The standard InChI is InChI=1S/C17H21ClN4O3.2ClH/c18-14-2-1-12(16-20-21-17(23)25-16)9-15(14)24-10-11-7-13(8-11)22-5-3-19-4-6-22;;/h1-2,9,11,13,19H,3-8,10H2,(H,21,23);2*1H/t11-,13+;;. The fourth-order valence-electron chi connectivity index (χ4n) is 3.49. The van der Waals surface area contributed by atoms with E-state index in [0.29, 0.717) is 34.9 Å². The second kappa shape index (κ2) is 9.80. The Labute approximate surface area is 174 Å². The van der Waals surface area contributed by atoms with Crippen molar-refractivity contribution >= 4 is 36.4 Å². The molecule has 2 aliphatic rings. The van der Waals surface area contributed by atoms with Crippen molar-refractivity contribution < 1.29 is 9.15 Å². The fourth-order valence-corrected chi connectivity index (χ4v) is 3.66. The van der Waals surface area contributed by atoms with Crippen LogP contribution >= 0.6 is 36.4 Å². The summed E-state index contributed by atoms with van der Waals surface area (Å²) < 4.78 is 10.9. The van der Waals surface area contributed by atoms with Crippen molar-refractivity contribution in [3.63, 3.8) is 0 Å². The highest BCUT2D eigenvalue weighted by Crippen LogP contribution is 2.34. The highest BCUT2D eigenvalue weighted by Gasteiger charge is 2.34. The van der Waals surface area contributed by atoms with Gasteiger partial charge in [-0.3, -0.25) is 4.90 Å². The van der Waals surface area contributed by atoms with Crippen molar-refractivity contribution in [3.05, 3.63) is 33.8 Å². The summed E-state index contributed by atoms with van der Waals surface area (Å²) in [5.74, 6) is 0.799. The fraction of sp³-hybridized carbons (Fsp3) is 0.529. The monoisotopic (exact) mass is 436 g/mol. The van der Waals surface area contributed by atoms with Crippen LogP contribution in [0.4, 0.5) is 0 Å². The summed E-state index contributed by atoms with van der Waals surface area (Å²) >= 11 is 6.22. The van der Waals surface area contributed by atoms with Crippen LogP contribution in [0, 0.1) is 5.92 Å². The van der Waals surface area contributed by atoms with Crippen LogP contribution in [0.5, 0.6) is 5.75 Å². The zero-order valence-electron chi connectivity index (χ0n) is 14.7. The lowest BCUT2D eigenvalue weighted by Gasteiger charge is -2.44. The number of halogens is 3. The van der Waals surface area contributed by atoms with E-state index < -0.39 is 5.76 Å². The Bertz CT molecular complexity index is 786. The van der Waals surface area contributed by atoms with Crippen LogP contribution in [-0.2, 0) is 0 Å². The molecule has 0 atom stereocenters. The molecule has 1 aromatic heterocycles. The van der Waals surface area contributed by atoms with E-state index in [4.69, 9.17) is 20.8 Å². The molecule has 0 radical (unpaired) electrons. The van der Waals surface area contributed by atoms with E-state index in [1.54, 1.807) is 18.2 Å². The molecule has 0 spiro atoms. The Morgan fingerprint density at radius 3 is 2.67 bits per heavy atom. The molecule has 7 nitrogen and oxygen atoms in total. The van der Waals surface area contributed by atoms with Gasteiger partial charge in [0.25, 0.3) is 0 Å². The Morgan fingerprint density at radius 2 is 2.00 bits per heavy atom. The van der Waals surface area contributed by atoms with Gasteiger partial charge in [0.05, 0.1) is 11.6 Å². The molecule has 1 aromatic carbocycles. The maximum absolute atomic E-state index is 11.1. The minimum atomic E-state index is -0.583. The molecule has 0 unspecified atom stereocenters. The number of benzene rings is 1. The van der Waals surface area contributed by atoms with Gasteiger partial charge in [0.15, 0.2) is 0 Å². The van der Waals surface area contributed by atoms with Crippen LogP contribution in [0.2, 0.25) is 5.02 Å². The maximum Gasteiger partial charge on any atom is 0.434 e. The van der Waals surface area contributed by atoms with Crippen molar-refractivity contribution in [2.45, 2.75) is 18.9 Å². The number of nitrogens with one attached hydrogen (secondary N) is 2. The number of hydrogen-bond acceptors (Lipinski definition) is 6. The minimum absolute atomic E-state index is 0. The third-order valence-corrected chi connectivity index (χ3v) is 5.28. The quantitative estimate of drug-likeness (QED) is 0.748. The maximum atomic E-state index is 11.1. The normalized spacial score (nSPS) is 22.3. The molecule has 1 saturated carbocycles. The summed E-state index contributed by atoms with van der Waals surface area (Å²) in [5.41, 5.74) is 0.657. The van der Waals surface area contributed by atoms with Gasteiger partial charge in [-0.15, -0.1) is 29.9 Å². The van der Waals surface area contributed by atoms with Crippen LogP contribution in [0.15, 0.2) is 27.4 Å². The molecule has 2 aromatic rings. The molecular formula is C17H23Cl3N4O3. The highest BCUT2D eigenvalue weighted by atomic mass is 35.5. The highest BCUT2D eigenvalue weighted by molar-refractivity contribution is 6.32. The van der Waals surface area contributed by atoms with Crippen molar-refractivity contribution in [2.75, 3.05) is 32.8 Å². The van der Waals surface area contributed by atoms with Gasteiger partial charge in [-0.05, 0) is 37.0 Å². The van der Waals surface area contributed by atoms with Crippen LogP contribution < -0.4 is 15.8 Å². The average Bonchev–Trinajstić information content (AvgIpc) is 3.02. The van der Waals surface area contributed by atoms with E-state index >= 15 is 0 Å². The Hall–Kier alpha value is -1.25. The van der Waals surface area contributed by atoms with Crippen LogP contribution in [-0.4, -0.2) is 53.9 Å². The number of aromatic amines is 1. The van der Waals surface area contributed by atoms with Crippen molar-refractivity contribution in [1.82, 2.24) is 20.4 Å². The molecule has 1 aliphatic heterocycles. The molecule has 150 valence electrons. The Morgan fingerprint density at radius 1 is 1.26 bits per heavy atom. The van der Waals surface area contributed by atoms with Gasteiger partial charge in [0.2, 0.25) is 5.89 Å². The van der Waals surface area contributed by atoms with Gasteiger partial charge >= 0.3 is 5.76 Å². The number of nitrogens with zero attached hydrogens (tertiary/aromatic N) is 2. The third-order valence-electron chi connectivity index (χ3n) is 4.97. The van der Waals surface area contributed by atoms with Crippen molar-refractivity contribution in [1.29, 1.82) is 0 Å². The summed E-state index contributed by atoms with van der Waals surface area (Å²) in [6.45, 7) is 5.10. The molecule has 0 bridgehead atoms. The topological polar surface area (TPSA) is 83.4 Å². The average molecular weight is 438 g/mol. The summed E-state index contributed by atoms with van der Waals surface area (Å²) in [4.78, 5) is 13.7. The molecule has 2 fully saturated rings. The van der Waals surface area contributed by atoms with E-state index in [1.165, 1.54) is 12.8 Å². The van der Waals surface area contributed by atoms with Crippen LogP contribution in [0.3, 0.4) is 0 Å². The second-order valence-corrected chi connectivity index (χ2v) is 7.06. The number of rotatable bonds is 5. The molecule has 2 N–H and O–H groups in total. The summed E-state index contributed by atoms with van der Waals surface area (Å²) in [6, 6.07) is 5.92.